The van der Waals surface area contributed by atoms with Crippen molar-refractivity contribution in [2.45, 2.75) is 12.8 Å². The van der Waals surface area contributed by atoms with Gasteiger partial charge in [0, 0.05) is 40.1 Å². The van der Waals surface area contributed by atoms with Gasteiger partial charge in [0.1, 0.15) is 5.82 Å². The number of methoxy groups -OCH3 is 1. The van der Waals surface area contributed by atoms with Crippen molar-refractivity contribution in [2.75, 3.05) is 13.7 Å². The molecule has 0 spiro atoms. The molecule has 1 aromatic heterocycles. The summed E-state index contributed by atoms with van der Waals surface area (Å²) in [6.45, 7) is 0.405. The third-order valence-corrected chi connectivity index (χ3v) is 6.26. The molecule has 0 radical (unpaired) electrons. The molecule has 0 saturated heterocycles. The van der Waals surface area contributed by atoms with Gasteiger partial charge >= 0.3 is 0 Å². The number of amides is 1. The van der Waals surface area contributed by atoms with Gasteiger partial charge < -0.3 is 14.8 Å². The van der Waals surface area contributed by atoms with E-state index in [0.717, 1.165) is 22.7 Å². The van der Waals surface area contributed by atoms with Crippen LogP contribution in [0.4, 0.5) is 4.39 Å². The van der Waals surface area contributed by atoms with E-state index in [0.29, 0.717) is 57.5 Å². The van der Waals surface area contributed by atoms with E-state index in [4.69, 9.17) is 32.7 Å². The van der Waals surface area contributed by atoms with Crippen LogP contribution in [0.25, 0.3) is 0 Å². The molecule has 6 nitrogen and oxygen atoms in total. The van der Waals surface area contributed by atoms with Crippen LogP contribution in [0.1, 0.15) is 27.3 Å². The number of nitrogens with one attached hydrogen (secondary N) is 1. The molecule has 4 aromatic rings. The van der Waals surface area contributed by atoms with E-state index in [-0.39, 0.29) is 11.7 Å². The van der Waals surface area contributed by atoms with Gasteiger partial charge in [-0.1, -0.05) is 41.4 Å². The summed E-state index contributed by atoms with van der Waals surface area (Å²) in [5, 5.41) is 4.33. The zero-order valence-corrected chi connectivity index (χ0v) is 20.9. The van der Waals surface area contributed by atoms with Gasteiger partial charge in [0.15, 0.2) is 17.3 Å². The minimum absolute atomic E-state index is 0.252. The molecule has 35 heavy (non-hydrogen) atoms. The van der Waals surface area contributed by atoms with Gasteiger partial charge in [0.25, 0.3) is 11.1 Å². The fourth-order valence-corrected chi connectivity index (χ4v) is 4.33. The summed E-state index contributed by atoms with van der Waals surface area (Å²) in [5.74, 6) is 0.805. The second kappa shape index (κ2) is 11.5. The highest BCUT2D eigenvalue weighted by Gasteiger charge is 2.14. The first-order valence-corrected chi connectivity index (χ1v) is 12.1. The smallest absolute Gasteiger partial charge is 0.298 e. The summed E-state index contributed by atoms with van der Waals surface area (Å²) in [6, 6.07) is 16.3. The molecular formula is C25H20Cl2FN3O3S. The lowest BCUT2D eigenvalue weighted by Crippen LogP contribution is -2.25. The molecule has 0 fully saturated rings. The van der Waals surface area contributed by atoms with Crippen LogP contribution in [0, 0.1) is 5.82 Å². The summed E-state index contributed by atoms with van der Waals surface area (Å²) in [5.41, 5.74) is 2.21. The van der Waals surface area contributed by atoms with E-state index in [1.807, 2.05) is 6.07 Å². The number of hydrogen-bond donors (Lipinski definition) is 1. The van der Waals surface area contributed by atoms with Crippen molar-refractivity contribution < 1.29 is 18.7 Å². The number of carbonyl (C=O) groups excluding carboxylic acids is 1. The molecular weight excluding hydrogens is 512 g/mol. The van der Waals surface area contributed by atoms with Crippen LogP contribution < -0.4 is 14.8 Å². The fourth-order valence-electron chi connectivity index (χ4n) is 3.26. The van der Waals surface area contributed by atoms with Crippen molar-refractivity contribution in [1.82, 2.24) is 14.7 Å². The van der Waals surface area contributed by atoms with Gasteiger partial charge in [-0.25, -0.2) is 4.39 Å². The molecule has 0 aliphatic rings. The molecule has 1 heterocycles. The number of ether oxygens (including phenoxy) is 2. The van der Waals surface area contributed by atoms with Crippen LogP contribution in [0.15, 0.2) is 60.7 Å². The molecule has 0 saturated carbocycles. The Hall–Kier alpha value is -3.20. The van der Waals surface area contributed by atoms with Crippen molar-refractivity contribution in [3.63, 3.8) is 0 Å². The monoisotopic (exact) mass is 531 g/mol. The number of carbonyl (C=O) groups is 1. The Labute approximate surface area is 215 Å². The van der Waals surface area contributed by atoms with Crippen LogP contribution in [-0.4, -0.2) is 28.9 Å². The maximum atomic E-state index is 13.1. The first-order chi connectivity index (χ1) is 16.9. The average Bonchev–Trinajstić information content (AvgIpc) is 3.28. The van der Waals surface area contributed by atoms with E-state index < -0.39 is 0 Å². The minimum atomic E-state index is -0.292. The highest BCUT2D eigenvalue weighted by molar-refractivity contribution is 7.07. The normalized spacial score (nSPS) is 10.7. The maximum Gasteiger partial charge on any atom is 0.298 e. The Morgan fingerprint density at radius 1 is 1.06 bits per heavy atom. The topological polar surface area (TPSA) is 73.3 Å². The number of halogens is 3. The van der Waals surface area contributed by atoms with Gasteiger partial charge in [0.2, 0.25) is 0 Å². The summed E-state index contributed by atoms with van der Waals surface area (Å²) in [7, 11) is 1.49. The predicted octanol–water partition coefficient (Wildman–Crippen LogP) is 6.35. The Morgan fingerprint density at radius 2 is 1.86 bits per heavy atom. The third kappa shape index (κ3) is 6.69. The average molecular weight is 532 g/mol. The summed E-state index contributed by atoms with van der Waals surface area (Å²) in [6.07, 6.45) is 1.02. The first kappa shape index (κ1) is 24.9. The van der Waals surface area contributed by atoms with Crippen molar-refractivity contribution in [3.05, 3.63) is 99.0 Å². The van der Waals surface area contributed by atoms with Gasteiger partial charge in [-0.3, -0.25) is 4.79 Å². The second-order valence-electron chi connectivity index (χ2n) is 7.49. The standard InChI is InChI=1S/C25H20Cl2FN3O3S/c1-33-22-13-17(24(32)29-11-10-16-4-6-18(26)14-20(16)27)5-9-21(22)34-25-30-23(31-35-25)12-15-2-7-19(28)8-3-15/h2-9,13-14H,10-12H2,1H3,(H,29,32). The van der Waals surface area contributed by atoms with Gasteiger partial charge in [-0.2, -0.15) is 9.36 Å². The second-order valence-corrected chi connectivity index (χ2v) is 9.05. The number of benzene rings is 3. The fraction of sp³-hybridized carbons (Fsp3) is 0.160. The van der Waals surface area contributed by atoms with Crippen LogP contribution in [0.5, 0.6) is 16.7 Å². The van der Waals surface area contributed by atoms with Crippen LogP contribution in [0.3, 0.4) is 0 Å². The largest absolute Gasteiger partial charge is 0.493 e. The predicted molar refractivity (Wildman–Crippen MR) is 135 cm³/mol. The summed E-state index contributed by atoms with van der Waals surface area (Å²) >= 11 is 13.2. The molecule has 1 amide bonds. The van der Waals surface area contributed by atoms with Crippen molar-refractivity contribution >= 4 is 40.6 Å². The molecule has 0 aliphatic heterocycles. The Kier molecular flexibility index (Phi) is 8.17. The van der Waals surface area contributed by atoms with Gasteiger partial charge in [-0.05, 0) is 60.0 Å². The Balaban J connectivity index is 1.36. The van der Waals surface area contributed by atoms with E-state index in [9.17, 15) is 9.18 Å². The SMILES string of the molecule is COc1cc(C(=O)NCCc2ccc(Cl)cc2Cl)ccc1Oc1nc(Cc2ccc(F)cc2)ns1. The molecule has 10 heteroatoms. The zero-order valence-electron chi connectivity index (χ0n) is 18.6. The van der Waals surface area contributed by atoms with E-state index >= 15 is 0 Å². The molecule has 1 N–H and O–H groups in total. The van der Waals surface area contributed by atoms with Gasteiger partial charge in [-0.15, -0.1) is 0 Å². The lowest BCUT2D eigenvalue weighted by atomic mass is 10.1. The highest BCUT2D eigenvalue weighted by atomic mass is 35.5. The maximum absolute atomic E-state index is 13.1. The van der Waals surface area contributed by atoms with Crippen molar-refractivity contribution in [1.29, 1.82) is 0 Å². The molecule has 0 bridgehead atoms. The lowest BCUT2D eigenvalue weighted by Gasteiger charge is -2.11. The van der Waals surface area contributed by atoms with E-state index in [1.54, 1.807) is 42.5 Å². The molecule has 0 aliphatic carbocycles. The van der Waals surface area contributed by atoms with Crippen LogP contribution in [0.2, 0.25) is 10.0 Å². The van der Waals surface area contributed by atoms with Crippen LogP contribution in [-0.2, 0) is 12.8 Å². The number of rotatable bonds is 9. The highest BCUT2D eigenvalue weighted by Crippen LogP contribution is 2.33. The molecule has 0 unspecified atom stereocenters. The number of nitrogens with zero attached hydrogens (tertiary/aromatic N) is 2. The Bertz CT molecular complexity index is 1330. The van der Waals surface area contributed by atoms with Gasteiger partial charge in [0.05, 0.1) is 7.11 Å². The van der Waals surface area contributed by atoms with E-state index in [1.165, 1.54) is 19.2 Å². The van der Waals surface area contributed by atoms with Crippen molar-refractivity contribution in [3.8, 4) is 16.7 Å². The quantitative estimate of drug-likeness (QED) is 0.272. The number of hydrogen-bond acceptors (Lipinski definition) is 6. The lowest BCUT2D eigenvalue weighted by molar-refractivity contribution is 0.0953. The minimum Gasteiger partial charge on any atom is -0.493 e. The summed E-state index contributed by atoms with van der Waals surface area (Å²) < 4.78 is 28.6. The van der Waals surface area contributed by atoms with Crippen LogP contribution >= 0.6 is 34.7 Å². The van der Waals surface area contributed by atoms with Crippen molar-refractivity contribution in [2.24, 2.45) is 0 Å². The molecule has 3 aromatic carbocycles. The number of aromatic nitrogens is 2. The van der Waals surface area contributed by atoms with E-state index in [2.05, 4.69) is 14.7 Å². The Morgan fingerprint density at radius 3 is 2.60 bits per heavy atom. The molecule has 0 atom stereocenters. The first-order valence-electron chi connectivity index (χ1n) is 10.6. The summed E-state index contributed by atoms with van der Waals surface area (Å²) in [4.78, 5) is 17.0. The molecule has 180 valence electrons. The molecule has 4 rings (SSSR count). The zero-order chi connectivity index (χ0) is 24.8. The third-order valence-electron chi connectivity index (χ3n) is 5.04.